The zero-order chi connectivity index (χ0) is 10.2. The molecule has 0 aromatic carbocycles. The molecule has 7 nitrogen and oxygen atoms in total. The summed E-state index contributed by atoms with van der Waals surface area (Å²) in [6.07, 6.45) is -4.79. The van der Waals surface area contributed by atoms with Crippen molar-refractivity contribution in [2.24, 2.45) is 0 Å². The molecule has 0 amide bonds. The van der Waals surface area contributed by atoms with Crippen LogP contribution >= 0.6 is 0 Å². The van der Waals surface area contributed by atoms with Crippen molar-refractivity contribution < 1.29 is 30.1 Å². The minimum Gasteiger partial charge on any atom is -0.479 e. The number of carboxylic acids is 1. The summed E-state index contributed by atoms with van der Waals surface area (Å²) < 4.78 is 0. The number of hydroxylamine groups is 1. The van der Waals surface area contributed by atoms with Crippen LogP contribution in [0.1, 0.15) is 6.92 Å². The molecule has 0 aliphatic carbocycles. The Labute approximate surface area is 73.5 Å². The number of carbonyl (C=O) groups is 1. The first-order valence-electron chi connectivity index (χ1n) is 3.60. The highest BCUT2D eigenvalue weighted by Crippen LogP contribution is 2.23. The van der Waals surface area contributed by atoms with Gasteiger partial charge in [-0.05, 0) is 6.92 Å². The standard InChI is InChI=1S/C6H11NO6/c1-6(5(11)12)3(9)2(8)4(10)7-13-6/h2-4,7-10H,1H3,(H,11,12)/t2-,3+,4+,6-/m0/s1. The van der Waals surface area contributed by atoms with Gasteiger partial charge < -0.3 is 20.4 Å². The second-order valence-electron chi connectivity index (χ2n) is 3.01. The molecule has 1 saturated heterocycles. The van der Waals surface area contributed by atoms with Gasteiger partial charge in [0.15, 0.2) is 6.23 Å². The van der Waals surface area contributed by atoms with Gasteiger partial charge in [0.2, 0.25) is 5.60 Å². The Kier molecular flexibility index (Phi) is 2.55. The first kappa shape index (κ1) is 10.4. The summed E-state index contributed by atoms with van der Waals surface area (Å²) in [6.45, 7) is 1.09. The van der Waals surface area contributed by atoms with Crippen LogP contribution in [0, 0.1) is 0 Å². The van der Waals surface area contributed by atoms with E-state index in [2.05, 4.69) is 4.84 Å². The maximum Gasteiger partial charge on any atom is 0.340 e. The lowest BCUT2D eigenvalue weighted by Gasteiger charge is -2.39. The number of carboxylic acid groups (broad SMARTS) is 1. The zero-order valence-corrected chi connectivity index (χ0v) is 6.84. The van der Waals surface area contributed by atoms with Crippen LogP contribution in [-0.4, -0.2) is 50.4 Å². The predicted octanol–water partition coefficient (Wildman–Crippen LogP) is -2.60. The number of aliphatic carboxylic acids is 1. The summed E-state index contributed by atoms with van der Waals surface area (Å²) in [5, 5.41) is 36.0. The molecule has 76 valence electrons. The van der Waals surface area contributed by atoms with Gasteiger partial charge in [0.1, 0.15) is 12.2 Å². The fraction of sp³-hybridized carbons (Fsp3) is 0.833. The number of rotatable bonds is 1. The Morgan fingerprint density at radius 3 is 2.46 bits per heavy atom. The number of nitrogens with one attached hydrogen (secondary N) is 1. The number of hydrogen-bond donors (Lipinski definition) is 5. The Morgan fingerprint density at radius 1 is 1.46 bits per heavy atom. The van der Waals surface area contributed by atoms with E-state index < -0.39 is 30.0 Å². The molecular weight excluding hydrogens is 182 g/mol. The maximum atomic E-state index is 10.6. The Balaban J connectivity index is 2.85. The summed E-state index contributed by atoms with van der Waals surface area (Å²) >= 11 is 0. The SMILES string of the molecule is C[C@]1(C(=O)O)ON[C@H](O)[C@@H](O)[C@H]1O. The fourth-order valence-electron chi connectivity index (χ4n) is 0.982. The Hall–Kier alpha value is -0.730. The van der Waals surface area contributed by atoms with Gasteiger partial charge in [0.05, 0.1) is 0 Å². The van der Waals surface area contributed by atoms with Crippen molar-refractivity contribution in [3.8, 4) is 0 Å². The third-order valence-corrected chi connectivity index (χ3v) is 2.03. The van der Waals surface area contributed by atoms with E-state index in [4.69, 9.17) is 15.3 Å². The predicted molar refractivity (Wildman–Crippen MR) is 38.3 cm³/mol. The van der Waals surface area contributed by atoms with Gasteiger partial charge in [-0.1, -0.05) is 0 Å². The molecule has 0 spiro atoms. The number of aliphatic hydroxyl groups is 3. The summed E-state index contributed by atoms with van der Waals surface area (Å²) in [5.41, 5.74) is -0.0609. The maximum absolute atomic E-state index is 10.6. The van der Waals surface area contributed by atoms with Gasteiger partial charge in [-0.3, -0.25) is 4.84 Å². The molecular formula is C6H11NO6. The minimum atomic E-state index is -1.96. The average molecular weight is 193 g/mol. The topological polar surface area (TPSA) is 119 Å². The molecule has 1 heterocycles. The van der Waals surface area contributed by atoms with Gasteiger partial charge >= 0.3 is 5.97 Å². The normalized spacial score (nSPS) is 46.0. The highest BCUT2D eigenvalue weighted by Gasteiger charge is 2.52. The monoisotopic (exact) mass is 193 g/mol. The van der Waals surface area contributed by atoms with Crippen molar-refractivity contribution in [2.45, 2.75) is 31.0 Å². The molecule has 0 aromatic rings. The molecule has 7 heteroatoms. The van der Waals surface area contributed by atoms with Gasteiger partial charge in [-0.2, -0.15) is 5.48 Å². The van der Waals surface area contributed by atoms with Crippen LogP contribution in [0.15, 0.2) is 0 Å². The molecule has 13 heavy (non-hydrogen) atoms. The highest BCUT2D eigenvalue weighted by molar-refractivity contribution is 5.78. The fourth-order valence-corrected chi connectivity index (χ4v) is 0.982. The molecule has 1 aliphatic heterocycles. The van der Waals surface area contributed by atoms with Crippen LogP contribution < -0.4 is 5.48 Å². The van der Waals surface area contributed by atoms with Crippen LogP contribution in [0.3, 0.4) is 0 Å². The molecule has 0 radical (unpaired) electrons. The van der Waals surface area contributed by atoms with Crippen LogP contribution in [0.4, 0.5) is 0 Å². The number of aliphatic hydroxyl groups excluding tert-OH is 3. The van der Waals surface area contributed by atoms with Crippen LogP contribution in [0.5, 0.6) is 0 Å². The van der Waals surface area contributed by atoms with Gasteiger partial charge in [-0.25, -0.2) is 4.79 Å². The van der Waals surface area contributed by atoms with Gasteiger partial charge in [-0.15, -0.1) is 0 Å². The third kappa shape index (κ3) is 1.52. The van der Waals surface area contributed by atoms with Crippen LogP contribution in [0.25, 0.3) is 0 Å². The quantitative estimate of drug-likeness (QED) is 0.310. The van der Waals surface area contributed by atoms with Crippen molar-refractivity contribution in [1.29, 1.82) is 0 Å². The molecule has 4 atom stereocenters. The van der Waals surface area contributed by atoms with Crippen molar-refractivity contribution in [3.05, 3.63) is 0 Å². The van der Waals surface area contributed by atoms with Crippen molar-refractivity contribution in [1.82, 2.24) is 5.48 Å². The lowest BCUT2D eigenvalue weighted by atomic mass is 9.93. The van der Waals surface area contributed by atoms with Gasteiger partial charge in [0.25, 0.3) is 0 Å². The first-order chi connectivity index (χ1) is 5.89. The van der Waals surface area contributed by atoms with Crippen LogP contribution in [-0.2, 0) is 9.63 Å². The first-order valence-corrected chi connectivity index (χ1v) is 3.60. The van der Waals surface area contributed by atoms with E-state index in [0.717, 1.165) is 6.92 Å². The summed E-state index contributed by atoms with van der Waals surface area (Å²) in [4.78, 5) is 15.1. The molecule has 5 N–H and O–H groups in total. The molecule has 1 rings (SSSR count). The molecule has 0 unspecified atom stereocenters. The van der Waals surface area contributed by atoms with Gasteiger partial charge in [0, 0.05) is 0 Å². The summed E-state index contributed by atoms with van der Waals surface area (Å²) in [5.74, 6) is -1.43. The Morgan fingerprint density at radius 2 is 2.00 bits per heavy atom. The lowest BCUT2D eigenvalue weighted by molar-refractivity contribution is -0.274. The van der Waals surface area contributed by atoms with E-state index in [1.807, 2.05) is 5.48 Å². The third-order valence-electron chi connectivity index (χ3n) is 2.03. The smallest absolute Gasteiger partial charge is 0.340 e. The number of hydrogen-bond acceptors (Lipinski definition) is 6. The minimum absolute atomic E-state index is 1.09. The largest absolute Gasteiger partial charge is 0.479 e. The van der Waals surface area contributed by atoms with E-state index in [-0.39, 0.29) is 0 Å². The van der Waals surface area contributed by atoms with Crippen molar-refractivity contribution >= 4 is 5.97 Å². The van der Waals surface area contributed by atoms with Crippen molar-refractivity contribution in [3.63, 3.8) is 0 Å². The van der Waals surface area contributed by atoms with E-state index in [0.29, 0.717) is 0 Å². The molecule has 0 aromatic heterocycles. The summed E-state index contributed by atoms with van der Waals surface area (Å²) in [7, 11) is 0. The lowest BCUT2D eigenvalue weighted by Crippen LogP contribution is -2.66. The second-order valence-corrected chi connectivity index (χ2v) is 3.01. The molecule has 1 aliphatic rings. The zero-order valence-electron chi connectivity index (χ0n) is 6.84. The van der Waals surface area contributed by atoms with E-state index in [1.54, 1.807) is 0 Å². The highest BCUT2D eigenvalue weighted by atomic mass is 16.7. The average Bonchev–Trinajstić information content (AvgIpc) is 2.08. The van der Waals surface area contributed by atoms with E-state index in [9.17, 15) is 9.90 Å². The van der Waals surface area contributed by atoms with Crippen molar-refractivity contribution in [2.75, 3.05) is 0 Å². The molecule has 0 bridgehead atoms. The van der Waals surface area contributed by atoms with Crippen LogP contribution in [0.2, 0.25) is 0 Å². The molecule has 1 fully saturated rings. The second kappa shape index (κ2) is 3.20. The molecule has 0 saturated carbocycles. The van der Waals surface area contributed by atoms with E-state index in [1.165, 1.54) is 0 Å². The summed E-state index contributed by atoms with van der Waals surface area (Å²) in [6, 6.07) is 0. The van der Waals surface area contributed by atoms with E-state index >= 15 is 0 Å². The Bertz CT molecular complexity index is 221.